The van der Waals surface area contributed by atoms with Crippen molar-refractivity contribution in [2.24, 2.45) is 0 Å². The SMILES string of the molecule is CN(C)c1ccc2cc(-c3ccccc3F)c(SCC(=O)NCCOCCOCCNC(=O)CCCCC3SCC4NC(=O)NC43)nc2c1. The van der Waals surface area contributed by atoms with Gasteiger partial charge in [-0.05, 0) is 37.1 Å². The average Bonchev–Trinajstić information content (AvgIpc) is 3.65. The summed E-state index contributed by atoms with van der Waals surface area (Å²) in [6, 6.07) is 14.8. The van der Waals surface area contributed by atoms with Crippen LogP contribution in [0, 0.1) is 5.82 Å². The van der Waals surface area contributed by atoms with Gasteiger partial charge in [0.05, 0.1) is 49.8 Å². The Morgan fingerprint density at radius 2 is 1.73 bits per heavy atom. The third-order valence-corrected chi connectivity index (χ3v) is 10.9. The number of aromatic nitrogens is 1. The second kappa shape index (κ2) is 18.4. The van der Waals surface area contributed by atoms with E-state index in [-0.39, 0.29) is 41.5 Å². The van der Waals surface area contributed by atoms with Gasteiger partial charge in [0, 0.05) is 66.8 Å². The molecule has 264 valence electrons. The highest BCUT2D eigenvalue weighted by atomic mass is 32.2. The lowest BCUT2D eigenvalue weighted by Crippen LogP contribution is -2.36. The molecule has 2 aliphatic rings. The minimum absolute atomic E-state index is 0.0138. The smallest absolute Gasteiger partial charge is 0.315 e. The van der Waals surface area contributed by atoms with E-state index in [0.29, 0.717) is 67.3 Å². The Labute approximate surface area is 295 Å². The third-order valence-electron chi connectivity index (χ3n) is 8.38. The fourth-order valence-electron chi connectivity index (χ4n) is 5.79. The molecule has 0 aliphatic carbocycles. The number of hydrogen-bond donors (Lipinski definition) is 4. The highest BCUT2D eigenvalue weighted by Crippen LogP contribution is 2.35. The molecule has 2 saturated heterocycles. The number of amides is 4. The zero-order chi connectivity index (χ0) is 34.6. The number of nitrogens with zero attached hydrogens (tertiary/aromatic N) is 2. The topological polar surface area (TPSA) is 134 Å². The Balaban J connectivity index is 0.919. The number of urea groups is 1. The van der Waals surface area contributed by atoms with Gasteiger partial charge < -0.3 is 35.6 Å². The lowest BCUT2D eigenvalue weighted by molar-refractivity contribution is -0.121. The normalized spacial score (nSPS) is 18.2. The molecule has 14 heteroatoms. The van der Waals surface area contributed by atoms with Crippen LogP contribution in [-0.4, -0.2) is 105 Å². The molecule has 0 radical (unpaired) electrons. The van der Waals surface area contributed by atoms with Crippen LogP contribution in [0.5, 0.6) is 0 Å². The molecule has 3 unspecified atom stereocenters. The molecule has 3 atom stereocenters. The quantitative estimate of drug-likeness (QED) is 0.0821. The van der Waals surface area contributed by atoms with Gasteiger partial charge in [-0.25, -0.2) is 14.2 Å². The van der Waals surface area contributed by atoms with E-state index >= 15 is 0 Å². The number of rotatable bonds is 19. The number of anilines is 1. The zero-order valence-corrected chi connectivity index (χ0v) is 29.6. The van der Waals surface area contributed by atoms with Crippen molar-refractivity contribution < 1.29 is 28.2 Å². The Morgan fingerprint density at radius 3 is 2.49 bits per heavy atom. The summed E-state index contributed by atoms with van der Waals surface area (Å²) in [6.45, 7) is 2.27. The lowest BCUT2D eigenvalue weighted by atomic mass is 10.0. The van der Waals surface area contributed by atoms with E-state index in [1.807, 2.05) is 55.0 Å². The molecule has 0 bridgehead atoms. The summed E-state index contributed by atoms with van der Waals surface area (Å²) in [5.41, 5.74) is 2.86. The largest absolute Gasteiger partial charge is 0.378 e. The van der Waals surface area contributed by atoms with E-state index in [2.05, 4.69) is 21.3 Å². The van der Waals surface area contributed by atoms with E-state index in [1.54, 1.807) is 18.2 Å². The van der Waals surface area contributed by atoms with Gasteiger partial charge in [-0.1, -0.05) is 42.4 Å². The van der Waals surface area contributed by atoms with Crippen LogP contribution in [0.4, 0.5) is 14.9 Å². The van der Waals surface area contributed by atoms with Crippen LogP contribution < -0.4 is 26.2 Å². The molecule has 1 aromatic heterocycles. The van der Waals surface area contributed by atoms with Crippen molar-refractivity contribution in [2.75, 3.05) is 70.0 Å². The van der Waals surface area contributed by atoms with Gasteiger partial charge in [-0.2, -0.15) is 11.8 Å². The predicted molar refractivity (Wildman–Crippen MR) is 194 cm³/mol. The van der Waals surface area contributed by atoms with Gasteiger partial charge in [0.15, 0.2) is 0 Å². The molecule has 2 fully saturated rings. The fourth-order valence-corrected chi connectivity index (χ4v) is 8.19. The number of hydrogen-bond acceptors (Lipinski definition) is 9. The van der Waals surface area contributed by atoms with E-state index in [4.69, 9.17) is 14.5 Å². The number of fused-ring (bicyclic) bond motifs is 2. The van der Waals surface area contributed by atoms with Crippen LogP contribution in [0.2, 0.25) is 0 Å². The number of carbonyl (C=O) groups is 3. The third kappa shape index (κ3) is 10.7. The summed E-state index contributed by atoms with van der Waals surface area (Å²) in [5, 5.41) is 13.6. The molecule has 4 amide bonds. The van der Waals surface area contributed by atoms with Gasteiger partial charge >= 0.3 is 6.03 Å². The van der Waals surface area contributed by atoms with E-state index in [1.165, 1.54) is 17.8 Å². The monoisotopic (exact) mass is 712 g/mol. The van der Waals surface area contributed by atoms with Crippen molar-refractivity contribution in [1.82, 2.24) is 26.3 Å². The summed E-state index contributed by atoms with van der Waals surface area (Å²) < 4.78 is 25.9. The molecular weight excluding hydrogens is 668 g/mol. The van der Waals surface area contributed by atoms with Crippen LogP contribution in [0.15, 0.2) is 53.6 Å². The molecule has 3 aromatic rings. The molecule has 2 aliphatic heterocycles. The van der Waals surface area contributed by atoms with Gasteiger partial charge in [0.1, 0.15) is 10.8 Å². The average molecular weight is 713 g/mol. The number of unbranched alkanes of at least 4 members (excludes halogenated alkanes) is 1. The molecule has 3 heterocycles. The second-order valence-corrected chi connectivity index (χ2v) is 14.4. The number of thioether (sulfide) groups is 2. The van der Waals surface area contributed by atoms with Gasteiger partial charge in [-0.3, -0.25) is 9.59 Å². The summed E-state index contributed by atoms with van der Waals surface area (Å²) in [7, 11) is 3.92. The zero-order valence-electron chi connectivity index (χ0n) is 28.0. The van der Waals surface area contributed by atoms with Crippen molar-refractivity contribution in [3.05, 3.63) is 54.3 Å². The molecule has 4 N–H and O–H groups in total. The first-order valence-corrected chi connectivity index (χ1v) is 18.7. The molecule has 11 nitrogen and oxygen atoms in total. The van der Waals surface area contributed by atoms with E-state index < -0.39 is 0 Å². The number of nitrogens with one attached hydrogen (secondary N) is 4. The molecular formula is C35H45FN6O5S2. The number of halogens is 1. The number of carbonyl (C=O) groups excluding carboxylic acids is 3. The minimum Gasteiger partial charge on any atom is -0.378 e. The van der Waals surface area contributed by atoms with Crippen LogP contribution in [0.1, 0.15) is 25.7 Å². The van der Waals surface area contributed by atoms with E-state index in [0.717, 1.165) is 41.6 Å². The maximum atomic E-state index is 14.8. The van der Waals surface area contributed by atoms with Crippen LogP contribution in [0.25, 0.3) is 22.0 Å². The highest BCUT2D eigenvalue weighted by Gasteiger charge is 2.42. The van der Waals surface area contributed by atoms with Crippen LogP contribution in [0.3, 0.4) is 0 Å². The van der Waals surface area contributed by atoms with Crippen molar-refractivity contribution in [2.45, 2.75) is 48.0 Å². The Bertz CT molecular complexity index is 1600. The Kier molecular flexibility index (Phi) is 13.8. The van der Waals surface area contributed by atoms with Gasteiger partial charge in [-0.15, -0.1) is 0 Å². The maximum Gasteiger partial charge on any atom is 0.315 e. The summed E-state index contributed by atoms with van der Waals surface area (Å²) in [4.78, 5) is 43.0. The number of pyridine rings is 1. The number of benzene rings is 2. The summed E-state index contributed by atoms with van der Waals surface area (Å²) in [5.74, 6) is 0.570. The van der Waals surface area contributed by atoms with Crippen molar-refractivity contribution in [1.29, 1.82) is 0 Å². The van der Waals surface area contributed by atoms with Crippen molar-refractivity contribution in [3.8, 4) is 11.1 Å². The lowest BCUT2D eigenvalue weighted by Gasteiger charge is -2.16. The van der Waals surface area contributed by atoms with Gasteiger partial charge in [0.25, 0.3) is 0 Å². The first-order chi connectivity index (χ1) is 23.8. The van der Waals surface area contributed by atoms with Crippen molar-refractivity contribution >= 4 is 58.0 Å². The Morgan fingerprint density at radius 1 is 0.980 bits per heavy atom. The fraction of sp³-hybridized carbons (Fsp3) is 0.486. The molecule has 0 spiro atoms. The summed E-state index contributed by atoms with van der Waals surface area (Å²) in [6.07, 6.45) is 3.24. The first-order valence-electron chi connectivity index (χ1n) is 16.7. The predicted octanol–water partition coefficient (Wildman–Crippen LogP) is 4.19. The Hall–Kier alpha value is -3.59. The molecule has 2 aromatic carbocycles. The standard InChI is InChI=1S/C35H45FN6O5S2/c1-42(2)24-12-11-23-19-26(25-7-3-4-8-27(25)36)34(39-28(23)20-24)49-22-32(44)38-14-16-47-18-17-46-15-13-37-31(43)10-6-5-9-30-33-29(21-48-30)40-35(45)41-33/h3-4,7-8,11-12,19-20,29-30,33H,5-6,9-10,13-18,21-22H2,1-2H3,(H,37,43)(H,38,44)(H2,40,41,45). The first kappa shape index (κ1) is 36.7. The van der Waals surface area contributed by atoms with Crippen LogP contribution in [-0.2, 0) is 19.1 Å². The van der Waals surface area contributed by atoms with E-state index in [9.17, 15) is 18.8 Å². The minimum atomic E-state index is -0.343. The van der Waals surface area contributed by atoms with Gasteiger partial charge in [0.2, 0.25) is 11.8 Å². The number of ether oxygens (including phenoxy) is 2. The molecule has 49 heavy (non-hydrogen) atoms. The molecule has 0 saturated carbocycles. The summed E-state index contributed by atoms with van der Waals surface area (Å²) >= 11 is 3.16. The van der Waals surface area contributed by atoms with Crippen LogP contribution >= 0.6 is 23.5 Å². The molecule has 5 rings (SSSR count). The maximum absolute atomic E-state index is 14.8. The van der Waals surface area contributed by atoms with Crippen molar-refractivity contribution in [3.63, 3.8) is 0 Å². The second-order valence-electron chi connectivity index (χ2n) is 12.2. The highest BCUT2D eigenvalue weighted by molar-refractivity contribution is 8.00.